The van der Waals surface area contributed by atoms with Crippen molar-refractivity contribution in [3.63, 3.8) is 0 Å². The molecule has 3 rings (SSSR count). The number of hydrogen-bond donors (Lipinski definition) is 2. The number of nitrogens with zero attached hydrogens (tertiary/aromatic N) is 3. The van der Waals surface area contributed by atoms with Crippen molar-refractivity contribution in [3.05, 3.63) is 29.8 Å². The highest BCUT2D eigenvalue weighted by atomic mass is 16.3. The van der Waals surface area contributed by atoms with Crippen LogP contribution in [0.5, 0.6) is 5.75 Å². The molecule has 1 unspecified atom stereocenters. The third-order valence-corrected chi connectivity index (χ3v) is 5.61. The molecule has 2 heterocycles. The zero-order valence-corrected chi connectivity index (χ0v) is 16.9. The summed E-state index contributed by atoms with van der Waals surface area (Å²) in [7, 11) is 0. The average Bonchev–Trinajstić information content (AvgIpc) is 2.84. The summed E-state index contributed by atoms with van der Waals surface area (Å²) in [5.74, 6) is 1.08. The van der Waals surface area contributed by atoms with Crippen molar-refractivity contribution in [2.45, 2.75) is 45.6 Å². The van der Waals surface area contributed by atoms with Gasteiger partial charge >= 0.3 is 0 Å². The van der Waals surface area contributed by atoms with Crippen LogP contribution in [0.15, 0.2) is 29.3 Å². The lowest BCUT2D eigenvalue weighted by Crippen LogP contribution is -2.47. The average molecular weight is 386 g/mol. The van der Waals surface area contributed by atoms with E-state index in [1.54, 1.807) is 17.0 Å². The van der Waals surface area contributed by atoms with Gasteiger partial charge in [0.05, 0.1) is 0 Å². The van der Waals surface area contributed by atoms with Crippen molar-refractivity contribution in [2.24, 2.45) is 22.6 Å². The number of phenolic OH excluding ortho intramolecular Hbond substituents is 1. The summed E-state index contributed by atoms with van der Waals surface area (Å²) in [6.07, 6.45) is 2.33. The van der Waals surface area contributed by atoms with E-state index >= 15 is 0 Å². The summed E-state index contributed by atoms with van der Waals surface area (Å²) in [4.78, 5) is 33.4. The maximum absolute atomic E-state index is 12.9. The predicted octanol–water partition coefficient (Wildman–Crippen LogP) is 2.21. The number of piperidine rings is 1. The van der Waals surface area contributed by atoms with Crippen molar-refractivity contribution in [2.75, 3.05) is 19.6 Å². The second-order valence-electron chi connectivity index (χ2n) is 8.54. The van der Waals surface area contributed by atoms with E-state index in [-0.39, 0.29) is 17.6 Å². The van der Waals surface area contributed by atoms with Crippen molar-refractivity contribution in [1.82, 2.24) is 9.80 Å². The molecule has 3 N–H and O–H groups in total. The van der Waals surface area contributed by atoms with Crippen molar-refractivity contribution in [1.29, 1.82) is 0 Å². The Hall–Kier alpha value is -2.57. The number of aliphatic imine (C=N–C) groups is 1. The molecule has 2 amide bonds. The van der Waals surface area contributed by atoms with Gasteiger partial charge in [0.1, 0.15) is 11.3 Å². The summed E-state index contributed by atoms with van der Waals surface area (Å²) in [5.41, 5.74) is 5.89. The van der Waals surface area contributed by atoms with E-state index in [0.29, 0.717) is 49.4 Å². The maximum Gasteiger partial charge on any atom is 0.257 e. The van der Waals surface area contributed by atoms with Gasteiger partial charge in [0.15, 0.2) is 5.96 Å². The molecule has 0 bridgehead atoms. The minimum Gasteiger partial charge on any atom is -0.508 e. The Bertz CT molecular complexity index is 766. The molecule has 0 radical (unpaired) electrons. The van der Waals surface area contributed by atoms with E-state index in [2.05, 4.69) is 18.8 Å². The van der Waals surface area contributed by atoms with Gasteiger partial charge in [-0.25, -0.2) is 4.99 Å². The lowest BCUT2D eigenvalue weighted by atomic mass is 9.90. The highest BCUT2D eigenvalue weighted by Gasteiger charge is 2.44. The number of rotatable bonds is 5. The summed E-state index contributed by atoms with van der Waals surface area (Å²) in [6, 6.07) is 6.32. The fraction of sp³-hybridized carbons (Fsp3) is 0.571. The van der Waals surface area contributed by atoms with Crippen LogP contribution >= 0.6 is 0 Å². The van der Waals surface area contributed by atoms with Crippen LogP contribution in [0.4, 0.5) is 0 Å². The molecule has 1 atom stereocenters. The molecule has 28 heavy (non-hydrogen) atoms. The van der Waals surface area contributed by atoms with Crippen LogP contribution in [0.25, 0.3) is 0 Å². The first-order valence-electron chi connectivity index (χ1n) is 9.95. The fourth-order valence-electron chi connectivity index (χ4n) is 4.22. The van der Waals surface area contributed by atoms with Gasteiger partial charge in [-0.05, 0) is 62.3 Å². The molecule has 0 saturated carbocycles. The molecule has 0 aromatic heterocycles. The third-order valence-electron chi connectivity index (χ3n) is 5.61. The minimum atomic E-state index is -0.756. The number of phenols is 1. The van der Waals surface area contributed by atoms with Gasteiger partial charge in [-0.15, -0.1) is 0 Å². The molecule has 1 aromatic carbocycles. The first-order chi connectivity index (χ1) is 13.2. The van der Waals surface area contributed by atoms with Gasteiger partial charge in [0.2, 0.25) is 0 Å². The number of nitrogens with two attached hydrogens (primary N) is 1. The van der Waals surface area contributed by atoms with E-state index in [1.165, 1.54) is 12.1 Å². The van der Waals surface area contributed by atoms with Crippen LogP contribution in [-0.4, -0.2) is 57.9 Å². The van der Waals surface area contributed by atoms with Crippen LogP contribution < -0.4 is 5.73 Å². The van der Waals surface area contributed by atoms with Gasteiger partial charge in [0.25, 0.3) is 11.8 Å². The Morgan fingerprint density at radius 1 is 1.29 bits per heavy atom. The molecule has 0 aliphatic carbocycles. The second kappa shape index (κ2) is 7.81. The number of hydrogen-bond acceptors (Lipinski definition) is 5. The molecular weight excluding hydrogens is 356 g/mol. The van der Waals surface area contributed by atoms with Gasteiger partial charge < -0.3 is 15.7 Å². The summed E-state index contributed by atoms with van der Waals surface area (Å²) >= 11 is 0. The normalized spacial score (nSPS) is 23.4. The van der Waals surface area contributed by atoms with Gasteiger partial charge in [-0.3, -0.25) is 14.5 Å². The third kappa shape index (κ3) is 4.13. The molecule has 1 saturated heterocycles. The lowest BCUT2D eigenvalue weighted by molar-refractivity contribution is -0.131. The van der Waals surface area contributed by atoms with Gasteiger partial charge in [-0.2, -0.15) is 0 Å². The molecule has 0 spiro atoms. The van der Waals surface area contributed by atoms with E-state index in [0.717, 1.165) is 12.8 Å². The molecule has 7 heteroatoms. The number of aromatic hydroxyl groups is 1. The zero-order valence-electron chi connectivity index (χ0n) is 16.9. The van der Waals surface area contributed by atoms with Crippen LogP contribution in [0.3, 0.4) is 0 Å². The molecule has 2 aliphatic heterocycles. The summed E-state index contributed by atoms with van der Waals surface area (Å²) in [6.45, 7) is 7.87. The van der Waals surface area contributed by atoms with Crippen LogP contribution in [0, 0.1) is 11.8 Å². The molecule has 7 nitrogen and oxygen atoms in total. The molecular formula is C21H30N4O3. The van der Waals surface area contributed by atoms with Crippen LogP contribution in [0.1, 0.15) is 50.4 Å². The first-order valence-corrected chi connectivity index (χ1v) is 9.95. The van der Waals surface area contributed by atoms with Gasteiger partial charge in [-0.1, -0.05) is 13.8 Å². The predicted molar refractivity (Wildman–Crippen MR) is 108 cm³/mol. The van der Waals surface area contributed by atoms with Crippen LogP contribution in [-0.2, 0) is 4.79 Å². The number of likely N-dealkylation sites (tertiary alicyclic amines) is 1. The first kappa shape index (κ1) is 20.2. The SMILES string of the molecule is CC(C)CC1(C)N=C(N)N(CC2CCN(C(=O)c3ccc(O)cc3)CC2)C1=O. The molecule has 2 aliphatic rings. The summed E-state index contributed by atoms with van der Waals surface area (Å²) < 4.78 is 0. The molecule has 1 fully saturated rings. The van der Waals surface area contributed by atoms with Gasteiger partial charge in [0, 0.05) is 25.2 Å². The number of amides is 2. The Morgan fingerprint density at radius 2 is 1.89 bits per heavy atom. The lowest BCUT2D eigenvalue weighted by Gasteiger charge is -2.34. The quantitative estimate of drug-likeness (QED) is 0.810. The van der Waals surface area contributed by atoms with E-state index in [4.69, 9.17) is 5.73 Å². The number of carbonyl (C=O) groups is 2. The standard InChI is InChI=1S/C21H30N4O3/c1-14(2)12-21(3)19(28)25(20(22)23-21)13-15-8-10-24(11-9-15)18(27)16-4-6-17(26)7-5-16/h4-7,14-15,26H,8-13H2,1-3H3,(H2,22,23). The largest absolute Gasteiger partial charge is 0.508 e. The number of guanidine groups is 1. The highest BCUT2D eigenvalue weighted by Crippen LogP contribution is 2.30. The summed E-state index contributed by atoms with van der Waals surface area (Å²) in [5, 5.41) is 9.37. The Morgan fingerprint density at radius 3 is 2.46 bits per heavy atom. The smallest absolute Gasteiger partial charge is 0.257 e. The van der Waals surface area contributed by atoms with Crippen molar-refractivity contribution < 1.29 is 14.7 Å². The molecule has 152 valence electrons. The molecule has 1 aromatic rings. The second-order valence-corrected chi connectivity index (χ2v) is 8.54. The van der Waals surface area contributed by atoms with Crippen molar-refractivity contribution in [3.8, 4) is 5.75 Å². The van der Waals surface area contributed by atoms with E-state index < -0.39 is 5.54 Å². The Labute approximate surface area is 166 Å². The Balaban J connectivity index is 1.56. The number of carbonyl (C=O) groups excluding carboxylic acids is 2. The Kier molecular flexibility index (Phi) is 5.63. The van der Waals surface area contributed by atoms with Crippen LogP contribution in [0.2, 0.25) is 0 Å². The maximum atomic E-state index is 12.9. The zero-order chi connectivity index (χ0) is 20.5. The minimum absolute atomic E-state index is 0.0127. The topological polar surface area (TPSA) is 99.2 Å². The van der Waals surface area contributed by atoms with E-state index in [9.17, 15) is 14.7 Å². The monoisotopic (exact) mass is 386 g/mol. The van der Waals surface area contributed by atoms with E-state index in [1.807, 2.05) is 11.8 Å². The van der Waals surface area contributed by atoms with Crippen molar-refractivity contribution >= 4 is 17.8 Å². The highest BCUT2D eigenvalue weighted by molar-refractivity contribution is 6.06. The number of benzene rings is 1. The fourth-order valence-corrected chi connectivity index (χ4v) is 4.22.